The van der Waals surface area contributed by atoms with Crippen molar-refractivity contribution < 1.29 is 18.7 Å². The van der Waals surface area contributed by atoms with Gasteiger partial charge in [-0.1, -0.05) is 0 Å². The molecule has 1 aromatic heterocycles. The number of aromatic nitrogens is 2. The van der Waals surface area contributed by atoms with E-state index in [9.17, 15) is 9.18 Å². The fraction of sp³-hybridized carbons (Fsp3) is 0.467. The van der Waals surface area contributed by atoms with Crippen molar-refractivity contribution in [2.75, 3.05) is 13.2 Å². The summed E-state index contributed by atoms with van der Waals surface area (Å²) < 4.78 is 26.4. The van der Waals surface area contributed by atoms with Gasteiger partial charge in [-0.2, -0.15) is 0 Å². The normalized spacial score (nSPS) is 17.5. The Hall–Kier alpha value is -1.66. The maximum absolute atomic E-state index is 14.3. The molecule has 1 fully saturated rings. The summed E-state index contributed by atoms with van der Waals surface area (Å²) in [6.45, 7) is 3.22. The molecule has 0 N–H and O–H groups in total. The smallest absolute Gasteiger partial charge is 0.338 e. The number of alkyl halides is 1. The molecular weight excluding hydrogens is 311 g/mol. The molecule has 5 nitrogen and oxygen atoms in total. The lowest BCUT2D eigenvalue weighted by atomic mass is 10.1. The minimum atomic E-state index is -0.555. The van der Waals surface area contributed by atoms with Crippen molar-refractivity contribution in [1.82, 2.24) is 9.55 Å². The van der Waals surface area contributed by atoms with Crippen LogP contribution in [0, 0.1) is 5.82 Å². The summed E-state index contributed by atoms with van der Waals surface area (Å²) in [5.41, 5.74) is 0.917. The Bertz CT molecular complexity index is 712. The Balaban J connectivity index is 2.08. The second-order valence-electron chi connectivity index (χ2n) is 5.10. The number of imidazole rings is 1. The third-order valence-corrected chi connectivity index (χ3v) is 3.94. The fourth-order valence-electron chi connectivity index (χ4n) is 2.50. The highest BCUT2D eigenvalue weighted by Gasteiger charge is 2.23. The largest absolute Gasteiger partial charge is 0.462 e. The molecule has 0 saturated carbocycles. The van der Waals surface area contributed by atoms with E-state index in [1.807, 2.05) is 4.57 Å². The van der Waals surface area contributed by atoms with Gasteiger partial charge in [0.2, 0.25) is 0 Å². The summed E-state index contributed by atoms with van der Waals surface area (Å²) in [6, 6.07) is 2.74. The second kappa shape index (κ2) is 6.22. The molecule has 22 heavy (non-hydrogen) atoms. The molecule has 7 heteroatoms. The Labute approximate surface area is 132 Å². The molecule has 1 unspecified atom stereocenters. The van der Waals surface area contributed by atoms with Gasteiger partial charge in [0.25, 0.3) is 0 Å². The predicted molar refractivity (Wildman–Crippen MR) is 79.6 cm³/mol. The van der Waals surface area contributed by atoms with E-state index in [0.29, 0.717) is 17.9 Å². The minimum Gasteiger partial charge on any atom is -0.462 e. The van der Waals surface area contributed by atoms with E-state index in [1.54, 1.807) is 13.0 Å². The lowest BCUT2D eigenvalue weighted by Gasteiger charge is -2.27. The summed E-state index contributed by atoms with van der Waals surface area (Å²) >= 11 is 5.91. The number of carbonyl (C=O) groups is 1. The maximum Gasteiger partial charge on any atom is 0.338 e. The van der Waals surface area contributed by atoms with Crippen LogP contribution in [-0.2, 0) is 21.9 Å². The number of ether oxygens (including phenoxy) is 2. The second-order valence-corrected chi connectivity index (χ2v) is 5.37. The van der Waals surface area contributed by atoms with Crippen LogP contribution in [0.5, 0.6) is 0 Å². The SMILES string of the molecule is CCOC(=O)c1cc(F)c2nc(CCl)n(CC3CCO3)c2c1. The molecule has 2 aromatic rings. The first-order chi connectivity index (χ1) is 10.6. The van der Waals surface area contributed by atoms with Gasteiger partial charge in [-0.3, -0.25) is 0 Å². The highest BCUT2D eigenvalue weighted by atomic mass is 35.5. The van der Waals surface area contributed by atoms with Crippen molar-refractivity contribution in [3.05, 3.63) is 29.3 Å². The minimum absolute atomic E-state index is 0.0775. The van der Waals surface area contributed by atoms with E-state index < -0.39 is 11.8 Å². The molecule has 1 atom stereocenters. The number of halogens is 2. The van der Waals surface area contributed by atoms with E-state index in [2.05, 4.69) is 4.98 Å². The van der Waals surface area contributed by atoms with Gasteiger partial charge in [0.15, 0.2) is 5.82 Å². The van der Waals surface area contributed by atoms with Gasteiger partial charge < -0.3 is 14.0 Å². The number of carbonyl (C=O) groups excluding carboxylic acids is 1. The molecule has 0 bridgehead atoms. The molecule has 3 rings (SSSR count). The van der Waals surface area contributed by atoms with Crippen LogP contribution in [0.15, 0.2) is 12.1 Å². The van der Waals surface area contributed by atoms with Gasteiger partial charge in [-0.05, 0) is 25.5 Å². The first kappa shape index (κ1) is 15.2. The summed E-state index contributed by atoms with van der Waals surface area (Å²) in [4.78, 5) is 16.1. The highest BCUT2D eigenvalue weighted by Crippen LogP contribution is 2.25. The zero-order valence-corrected chi connectivity index (χ0v) is 12.9. The number of hydrogen-bond acceptors (Lipinski definition) is 4. The molecule has 1 aromatic carbocycles. The lowest BCUT2D eigenvalue weighted by Crippen LogP contribution is -2.31. The molecule has 1 aliphatic heterocycles. The predicted octanol–water partition coefficient (Wildman–Crippen LogP) is 2.88. The van der Waals surface area contributed by atoms with E-state index in [0.717, 1.165) is 19.1 Å². The zero-order valence-electron chi connectivity index (χ0n) is 12.1. The first-order valence-corrected chi connectivity index (χ1v) is 7.70. The molecule has 0 amide bonds. The van der Waals surface area contributed by atoms with Crippen LogP contribution < -0.4 is 0 Å². The molecule has 118 valence electrons. The third kappa shape index (κ3) is 2.68. The van der Waals surface area contributed by atoms with E-state index >= 15 is 0 Å². The number of hydrogen-bond donors (Lipinski definition) is 0. The van der Waals surface area contributed by atoms with Crippen molar-refractivity contribution >= 4 is 28.6 Å². The first-order valence-electron chi connectivity index (χ1n) is 7.17. The van der Waals surface area contributed by atoms with Crippen LogP contribution in [0.4, 0.5) is 4.39 Å². The molecule has 2 heterocycles. The van der Waals surface area contributed by atoms with Gasteiger partial charge in [0, 0.05) is 6.61 Å². The fourth-order valence-corrected chi connectivity index (χ4v) is 2.70. The van der Waals surface area contributed by atoms with Crippen LogP contribution in [0.25, 0.3) is 11.0 Å². The summed E-state index contributed by atoms with van der Waals surface area (Å²) in [5, 5.41) is 0. The summed E-state index contributed by atoms with van der Waals surface area (Å²) in [7, 11) is 0. The lowest BCUT2D eigenvalue weighted by molar-refractivity contribution is -0.0589. The third-order valence-electron chi connectivity index (χ3n) is 3.70. The van der Waals surface area contributed by atoms with Crippen molar-refractivity contribution in [3.63, 3.8) is 0 Å². The maximum atomic E-state index is 14.3. The number of esters is 1. The van der Waals surface area contributed by atoms with E-state index in [1.165, 1.54) is 0 Å². The molecule has 0 aliphatic carbocycles. The monoisotopic (exact) mass is 326 g/mol. The molecule has 1 saturated heterocycles. The molecule has 0 radical (unpaired) electrons. The van der Waals surface area contributed by atoms with Gasteiger partial charge in [-0.15, -0.1) is 11.6 Å². The Kier molecular flexibility index (Phi) is 4.31. The number of rotatable bonds is 5. The number of fused-ring (bicyclic) bond motifs is 1. The summed E-state index contributed by atoms with van der Waals surface area (Å²) in [6.07, 6.45) is 1.02. The highest BCUT2D eigenvalue weighted by molar-refractivity contribution is 6.16. The quantitative estimate of drug-likeness (QED) is 0.626. The average Bonchev–Trinajstić information content (AvgIpc) is 2.81. The zero-order chi connectivity index (χ0) is 15.7. The average molecular weight is 327 g/mol. The number of nitrogens with zero attached hydrogens (tertiary/aromatic N) is 2. The van der Waals surface area contributed by atoms with Crippen LogP contribution in [0.3, 0.4) is 0 Å². The number of benzene rings is 1. The van der Waals surface area contributed by atoms with Crippen molar-refractivity contribution in [1.29, 1.82) is 0 Å². The Morgan fingerprint density at radius 3 is 2.95 bits per heavy atom. The van der Waals surface area contributed by atoms with Crippen LogP contribution >= 0.6 is 11.6 Å². The van der Waals surface area contributed by atoms with Gasteiger partial charge in [0.05, 0.1) is 36.2 Å². The standard InChI is InChI=1S/C15H16ClFN2O3/c1-2-21-15(20)9-5-11(17)14-12(6-9)19(13(7-16)18-14)8-10-3-4-22-10/h5-6,10H,2-4,7-8H2,1H3. The van der Waals surface area contributed by atoms with Crippen molar-refractivity contribution in [3.8, 4) is 0 Å². The Morgan fingerprint density at radius 1 is 1.59 bits per heavy atom. The van der Waals surface area contributed by atoms with E-state index in [-0.39, 0.29) is 29.7 Å². The van der Waals surface area contributed by atoms with Crippen molar-refractivity contribution in [2.24, 2.45) is 0 Å². The van der Waals surface area contributed by atoms with Crippen LogP contribution in [0.2, 0.25) is 0 Å². The van der Waals surface area contributed by atoms with Gasteiger partial charge in [0.1, 0.15) is 11.3 Å². The van der Waals surface area contributed by atoms with Crippen molar-refractivity contribution in [2.45, 2.75) is 31.9 Å². The Morgan fingerprint density at radius 2 is 2.36 bits per heavy atom. The van der Waals surface area contributed by atoms with E-state index in [4.69, 9.17) is 21.1 Å². The van der Waals surface area contributed by atoms with Crippen LogP contribution in [-0.4, -0.2) is 34.8 Å². The van der Waals surface area contributed by atoms with Crippen LogP contribution in [0.1, 0.15) is 29.5 Å². The van der Waals surface area contributed by atoms with Gasteiger partial charge in [-0.25, -0.2) is 14.2 Å². The molecular formula is C15H16ClFN2O3. The molecule has 1 aliphatic rings. The summed E-state index contributed by atoms with van der Waals surface area (Å²) in [5.74, 6) is -0.383. The molecule has 0 spiro atoms. The topological polar surface area (TPSA) is 53.3 Å². The van der Waals surface area contributed by atoms with Gasteiger partial charge >= 0.3 is 5.97 Å².